The van der Waals surface area contributed by atoms with Crippen LogP contribution in [0.15, 0.2) is 0 Å². The van der Waals surface area contributed by atoms with Gasteiger partial charge in [-0.05, 0) is 19.9 Å². The Kier molecular flexibility index (Phi) is 3.71. The Hall–Kier alpha value is -1.36. The fraction of sp³-hybridized carbons (Fsp3) is 0.692. The monoisotopic (exact) mass is 249 g/mol. The van der Waals surface area contributed by atoms with Crippen LogP contribution in [0.4, 0.5) is 11.8 Å². The summed E-state index contributed by atoms with van der Waals surface area (Å²) in [5.41, 5.74) is 8.15. The molecule has 5 nitrogen and oxygen atoms in total. The van der Waals surface area contributed by atoms with Crippen molar-refractivity contribution in [3.8, 4) is 0 Å². The normalized spacial score (nSPS) is 17.5. The van der Waals surface area contributed by atoms with Crippen LogP contribution >= 0.6 is 0 Å². The van der Waals surface area contributed by atoms with Crippen LogP contribution < -0.4 is 10.6 Å². The quantitative estimate of drug-likeness (QED) is 0.854. The highest BCUT2D eigenvalue weighted by Gasteiger charge is 2.19. The summed E-state index contributed by atoms with van der Waals surface area (Å²) in [5.74, 6) is 1.78. The lowest BCUT2D eigenvalue weighted by atomic mass is 10.0. The summed E-state index contributed by atoms with van der Waals surface area (Å²) in [6, 6.07) is 0. The molecule has 5 heteroatoms. The molecule has 1 aromatic heterocycles. The summed E-state index contributed by atoms with van der Waals surface area (Å²) in [7, 11) is 2.14. The molecular weight excluding hydrogens is 226 g/mol. The van der Waals surface area contributed by atoms with E-state index in [1.807, 2.05) is 6.92 Å². The third-order valence-electron chi connectivity index (χ3n) is 3.52. The average Bonchev–Trinajstić information content (AvgIpc) is 2.28. The van der Waals surface area contributed by atoms with Crippen LogP contribution in [0.5, 0.6) is 0 Å². The predicted molar refractivity (Wildman–Crippen MR) is 75.0 cm³/mol. The third-order valence-corrected chi connectivity index (χ3v) is 3.52. The van der Waals surface area contributed by atoms with Gasteiger partial charge in [-0.3, -0.25) is 0 Å². The number of nitrogens with two attached hydrogens (primary N) is 1. The molecule has 0 amide bonds. The summed E-state index contributed by atoms with van der Waals surface area (Å²) in [5, 5.41) is 0. The highest BCUT2D eigenvalue weighted by atomic mass is 15.3. The van der Waals surface area contributed by atoms with Crippen molar-refractivity contribution < 1.29 is 0 Å². The van der Waals surface area contributed by atoms with Gasteiger partial charge in [0.2, 0.25) is 5.95 Å². The predicted octanol–water partition coefficient (Wildman–Crippen LogP) is 1.24. The van der Waals surface area contributed by atoms with E-state index < -0.39 is 0 Å². The van der Waals surface area contributed by atoms with Crippen molar-refractivity contribution in [3.63, 3.8) is 0 Å². The fourth-order valence-corrected chi connectivity index (χ4v) is 2.45. The Morgan fingerprint density at radius 3 is 2.22 bits per heavy atom. The maximum atomic E-state index is 6.07. The van der Waals surface area contributed by atoms with Crippen molar-refractivity contribution in [1.82, 2.24) is 14.9 Å². The first-order valence-corrected chi connectivity index (χ1v) is 6.56. The van der Waals surface area contributed by atoms with E-state index >= 15 is 0 Å². The van der Waals surface area contributed by atoms with Crippen LogP contribution in [-0.2, 0) is 0 Å². The Morgan fingerprint density at radius 1 is 1.11 bits per heavy atom. The number of anilines is 2. The first-order valence-electron chi connectivity index (χ1n) is 6.56. The van der Waals surface area contributed by atoms with Gasteiger partial charge in [0.15, 0.2) is 0 Å². The molecule has 2 rings (SSSR count). The lowest BCUT2D eigenvalue weighted by Gasteiger charge is -2.32. The molecule has 1 aliphatic heterocycles. The van der Waals surface area contributed by atoms with E-state index in [0.717, 1.165) is 43.4 Å². The summed E-state index contributed by atoms with van der Waals surface area (Å²) < 4.78 is 0. The second-order valence-electron chi connectivity index (χ2n) is 5.35. The minimum atomic E-state index is 0.367. The number of rotatable bonds is 2. The molecule has 0 aliphatic carbocycles. The minimum Gasteiger partial charge on any atom is -0.383 e. The van der Waals surface area contributed by atoms with Gasteiger partial charge in [0.1, 0.15) is 5.82 Å². The average molecular weight is 249 g/mol. The van der Waals surface area contributed by atoms with Gasteiger partial charge in [-0.25, -0.2) is 4.98 Å². The van der Waals surface area contributed by atoms with Crippen LogP contribution in [-0.4, -0.2) is 48.1 Å². The number of aryl methyl sites for hydroxylation is 1. The molecule has 1 saturated heterocycles. The van der Waals surface area contributed by atoms with Crippen LogP contribution in [0.25, 0.3) is 0 Å². The topological polar surface area (TPSA) is 58.3 Å². The van der Waals surface area contributed by atoms with Crippen molar-refractivity contribution in [2.45, 2.75) is 26.7 Å². The molecule has 1 aliphatic rings. The number of aromatic nitrogens is 2. The standard InChI is InChI=1S/C13H23N5/c1-9(2)11-10(3)15-13(16-12(11)14)18-7-5-17(4)6-8-18/h9H,5-8H2,1-4H3,(H2,14,15,16). The van der Waals surface area contributed by atoms with Crippen LogP contribution in [0.3, 0.4) is 0 Å². The van der Waals surface area contributed by atoms with Gasteiger partial charge in [-0.1, -0.05) is 13.8 Å². The molecule has 100 valence electrons. The van der Waals surface area contributed by atoms with E-state index in [9.17, 15) is 0 Å². The maximum absolute atomic E-state index is 6.07. The first kappa shape index (κ1) is 13.1. The largest absolute Gasteiger partial charge is 0.383 e. The lowest BCUT2D eigenvalue weighted by Crippen LogP contribution is -2.45. The Balaban J connectivity index is 2.25. The van der Waals surface area contributed by atoms with Crippen molar-refractivity contribution in [2.75, 3.05) is 43.9 Å². The van der Waals surface area contributed by atoms with Crippen molar-refractivity contribution in [1.29, 1.82) is 0 Å². The second-order valence-corrected chi connectivity index (χ2v) is 5.35. The van der Waals surface area contributed by atoms with Gasteiger partial charge in [-0.15, -0.1) is 0 Å². The number of hydrogen-bond acceptors (Lipinski definition) is 5. The van der Waals surface area contributed by atoms with Crippen LogP contribution in [0.1, 0.15) is 31.0 Å². The summed E-state index contributed by atoms with van der Waals surface area (Å²) in [4.78, 5) is 13.6. The Labute approximate surface area is 109 Å². The van der Waals surface area contributed by atoms with Crippen molar-refractivity contribution in [2.24, 2.45) is 0 Å². The molecule has 0 bridgehead atoms. The molecule has 0 atom stereocenters. The number of hydrogen-bond donors (Lipinski definition) is 1. The number of nitrogens with zero attached hydrogens (tertiary/aromatic N) is 4. The molecule has 0 saturated carbocycles. The third kappa shape index (κ3) is 2.56. The van der Waals surface area contributed by atoms with Crippen molar-refractivity contribution in [3.05, 3.63) is 11.3 Å². The Bertz CT molecular complexity index is 398. The van der Waals surface area contributed by atoms with Gasteiger partial charge in [0, 0.05) is 37.4 Å². The molecular formula is C13H23N5. The SMILES string of the molecule is Cc1nc(N2CCN(C)CC2)nc(N)c1C(C)C. The van der Waals surface area contributed by atoms with E-state index in [0.29, 0.717) is 11.7 Å². The molecule has 0 aromatic carbocycles. The summed E-state index contributed by atoms with van der Waals surface area (Å²) >= 11 is 0. The fourth-order valence-electron chi connectivity index (χ4n) is 2.45. The summed E-state index contributed by atoms with van der Waals surface area (Å²) in [6.45, 7) is 10.3. The van der Waals surface area contributed by atoms with Gasteiger partial charge in [-0.2, -0.15) is 4.98 Å². The smallest absolute Gasteiger partial charge is 0.227 e. The molecule has 0 unspecified atom stereocenters. The maximum Gasteiger partial charge on any atom is 0.227 e. The zero-order chi connectivity index (χ0) is 13.3. The molecule has 2 heterocycles. The number of piperazine rings is 1. The second kappa shape index (κ2) is 5.10. The molecule has 2 N–H and O–H groups in total. The van der Waals surface area contributed by atoms with E-state index in [4.69, 9.17) is 5.73 Å². The zero-order valence-electron chi connectivity index (χ0n) is 11.8. The van der Waals surface area contributed by atoms with Gasteiger partial charge >= 0.3 is 0 Å². The highest BCUT2D eigenvalue weighted by molar-refractivity contribution is 5.49. The van der Waals surface area contributed by atoms with Crippen molar-refractivity contribution >= 4 is 11.8 Å². The van der Waals surface area contributed by atoms with Gasteiger partial charge in [0.05, 0.1) is 0 Å². The van der Waals surface area contributed by atoms with Gasteiger partial charge in [0.25, 0.3) is 0 Å². The van der Waals surface area contributed by atoms with E-state index in [1.165, 1.54) is 0 Å². The van der Waals surface area contributed by atoms with E-state index in [-0.39, 0.29) is 0 Å². The van der Waals surface area contributed by atoms with Crippen LogP contribution in [0, 0.1) is 6.92 Å². The molecule has 0 radical (unpaired) electrons. The Morgan fingerprint density at radius 2 is 1.72 bits per heavy atom. The first-order chi connectivity index (χ1) is 8.49. The number of likely N-dealkylation sites (N-methyl/N-ethyl adjacent to an activating group) is 1. The van der Waals surface area contributed by atoms with E-state index in [1.54, 1.807) is 0 Å². The molecule has 1 aromatic rings. The highest BCUT2D eigenvalue weighted by Crippen LogP contribution is 2.25. The minimum absolute atomic E-state index is 0.367. The molecule has 1 fully saturated rings. The summed E-state index contributed by atoms with van der Waals surface area (Å²) in [6.07, 6.45) is 0. The zero-order valence-corrected chi connectivity index (χ0v) is 11.8. The van der Waals surface area contributed by atoms with Crippen LogP contribution in [0.2, 0.25) is 0 Å². The van der Waals surface area contributed by atoms with Gasteiger partial charge < -0.3 is 15.5 Å². The van der Waals surface area contributed by atoms with E-state index in [2.05, 4.69) is 40.7 Å². The molecule has 0 spiro atoms. The number of nitrogen functional groups attached to an aromatic ring is 1. The molecule has 18 heavy (non-hydrogen) atoms. The lowest BCUT2D eigenvalue weighted by molar-refractivity contribution is 0.311.